The molecule has 94 valence electrons. The van der Waals surface area contributed by atoms with Crippen LogP contribution in [-0.4, -0.2) is 18.0 Å². The number of carbonyl (C=O) groups excluding carboxylic acids is 1. The maximum Gasteiger partial charge on any atom is 0.221 e. The number of nitrogens with two attached hydrogens (primary N) is 1. The monoisotopic (exact) mass is 226 g/mol. The SMILES string of the molecule is CCC(N)CC(=O)NC1CCCCCC1C. The van der Waals surface area contributed by atoms with Gasteiger partial charge in [0.2, 0.25) is 5.91 Å². The Morgan fingerprint density at radius 2 is 2.06 bits per heavy atom. The predicted octanol–water partition coefficient (Wildman–Crippen LogP) is 2.20. The van der Waals surface area contributed by atoms with Gasteiger partial charge in [-0.1, -0.05) is 33.1 Å². The summed E-state index contributed by atoms with van der Waals surface area (Å²) in [5.74, 6) is 0.748. The van der Waals surface area contributed by atoms with Crippen molar-refractivity contribution in [1.82, 2.24) is 5.32 Å². The van der Waals surface area contributed by atoms with Crippen LogP contribution in [0.1, 0.15) is 58.8 Å². The van der Waals surface area contributed by atoms with Crippen LogP contribution < -0.4 is 11.1 Å². The average molecular weight is 226 g/mol. The zero-order valence-corrected chi connectivity index (χ0v) is 10.7. The number of hydrogen-bond donors (Lipinski definition) is 2. The lowest BCUT2D eigenvalue weighted by molar-refractivity contribution is -0.122. The highest BCUT2D eigenvalue weighted by atomic mass is 16.1. The summed E-state index contributed by atoms with van der Waals surface area (Å²) in [5.41, 5.74) is 5.78. The van der Waals surface area contributed by atoms with E-state index in [0.717, 1.165) is 12.8 Å². The molecule has 3 atom stereocenters. The normalized spacial score (nSPS) is 28.2. The Balaban J connectivity index is 2.36. The number of carbonyl (C=O) groups is 1. The third kappa shape index (κ3) is 4.52. The van der Waals surface area contributed by atoms with Crippen LogP contribution in [-0.2, 0) is 4.79 Å². The summed E-state index contributed by atoms with van der Waals surface area (Å²) < 4.78 is 0. The molecule has 3 unspecified atom stereocenters. The van der Waals surface area contributed by atoms with Crippen LogP contribution in [0.15, 0.2) is 0 Å². The Labute approximate surface area is 99.2 Å². The molecule has 1 saturated carbocycles. The van der Waals surface area contributed by atoms with Crippen LogP contribution in [0.2, 0.25) is 0 Å². The lowest BCUT2D eigenvalue weighted by Gasteiger charge is -2.23. The molecular formula is C13H26N2O. The van der Waals surface area contributed by atoms with Crippen molar-refractivity contribution in [2.45, 2.75) is 70.9 Å². The number of hydrogen-bond acceptors (Lipinski definition) is 2. The van der Waals surface area contributed by atoms with E-state index in [-0.39, 0.29) is 11.9 Å². The van der Waals surface area contributed by atoms with E-state index in [1.54, 1.807) is 0 Å². The predicted molar refractivity (Wildman–Crippen MR) is 67.1 cm³/mol. The van der Waals surface area contributed by atoms with Crippen molar-refractivity contribution in [2.75, 3.05) is 0 Å². The molecule has 0 aliphatic heterocycles. The summed E-state index contributed by atoms with van der Waals surface area (Å²) in [6, 6.07) is 0.389. The fourth-order valence-corrected chi connectivity index (χ4v) is 2.36. The largest absolute Gasteiger partial charge is 0.353 e. The van der Waals surface area contributed by atoms with Gasteiger partial charge in [-0.25, -0.2) is 0 Å². The topological polar surface area (TPSA) is 55.1 Å². The van der Waals surface area contributed by atoms with Crippen molar-refractivity contribution < 1.29 is 4.79 Å². The Morgan fingerprint density at radius 3 is 2.75 bits per heavy atom. The molecule has 1 fully saturated rings. The zero-order valence-electron chi connectivity index (χ0n) is 10.7. The summed E-state index contributed by atoms with van der Waals surface area (Å²) in [6.07, 6.45) is 7.58. The van der Waals surface area contributed by atoms with Gasteiger partial charge in [-0.2, -0.15) is 0 Å². The van der Waals surface area contributed by atoms with Gasteiger partial charge in [-0.3, -0.25) is 4.79 Å². The standard InChI is InChI=1S/C13H26N2O/c1-3-11(14)9-13(16)15-12-8-6-4-5-7-10(12)2/h10-12H,3-9,14H2,1-2H3,(H,15,16). The lowest BCUT2D eigenvalue weighted by atomic mass is 9.96. The van der Waals surface area contributed by atoms with Gasteiger partial charge in [-0.15, -0.1) is 0 Å². The van der Waals surface area contributed by atoms with Crippen molar-refractivity contribution in [2.24, 2.45) is 11.7 Å². The summed E-state index contributed by atoms with van der Waals surface area (Å²) >= 11 is 0. The molecule has 1 amide bonds. The van der Waals surface area contributed by atoms with Crippen LogP contribution in [0.4, 0.5) is 0 Å². The van der Waals surface area contributed by atoms with Crippen molar-refractivity contribution in [1.29, 1.82) is 0 Å². The first-order chi connectivity index (χ1) is 7.63. The second-order valence-corrected chi connectivity index (χ2v) is 5.16. The van der Waals surface area contributed by atoms with Crippen molar-refractivity contribution in [3.8, 4) is 0 Å². The molecule has 1 rings (SSSR count). The molecule has 0 heterocycles. The Morgan fingerprint density at radius 1 is 1.38 bits per heavy atom. The second-order valence-electron chi connectivity index (χ2n) is 5.16. The molecule has 1 aliphatic carbocycles. The molecule has 16 heavy (non-hydrogen) atoms. The van der Waals surface area contributed by atoms with Gasteiger partial charge in [0.1, 0.15) is 0 Å². The highest BCUT2D eigenvalue weighted by molar-refractivity contribution is 5.76. The van der Waals surface area contributed by atoms with Crippen molar-refractivity contribution in [3.63, 3.8) is 0 Å². The Hall–Kier alpha value is -0.570. The lowest BCUT2D eigenvalue weighted by Crippen LogP contribution is -2.41. The molecule has 0 aromatic carbocycles. The maximum atomic E-state index is 11.7. The molecule has 1 aliphatic rings. The first-order valence-electron chi connectivity index (χ1n) is 6.68. The molecule has 3 nitrogen and oxygen atoms in total. The molecule has 0 spiro atoms. The fourth-order valence-electron chi connectivity index (χ4n) is 2.36. The summed E-state index contributed by atoms with van der Waals surface area (Å²) in [5, 5.41) is 3.15. The zero-order chi connectivity index (χ0) is 12.0. The molecule has 3 N–H and O–H groups in total. The van der Waals surface area contributed by atoms with E-state index in [9.17, 15) is 4.79 Å². The van der Waals surface area contributed by atoms with Crippen molar-refractivity contribution in [3.05, 3.63) is 0 Å². The summed E-state index contributed by atoms with van der Waals surface area (Å²) in [7, 11) is 0. The molecule has 0 radical (unpaired) electrons. The van der Waals surface area contributed by atoms with E-state index >= 15 is 0 Å². The fraction of sp³-hybridized carbons (Fsp3) is 0.923. The van der Waals surface area contributed by atoms with Crippen LogP contribution in [0.5, 0.6) is 0 Å². The average Bonchev–Trinajstić information content (AvgIpc) is 2.44. The van der Waals surface area contributed by atoms with Crippen LogP contribution in [0.3, 0.4) is 0 Å². The third-order valence-electron chi connectivity index (χ3n) is 3.68. The van der Waals surface area contributed by atoms with Crippen LogP contribution >= 0.6 is 0 Å². The van der Waals surface area contributed by atoms with Crippen LogP contribution in [0, 0.1) is 5.92 Å². The minimum absolute atomic E-state index is 0.0149. The van der Waals surface area contributed by atoms with E-state index in [1.165, 1.54) is 25.7 Å². The molecule has 0 aromatic rings. The Kier molecular flexibility index (Phi) is 5.81. The first kappa shape index (κ1) is 13.5. The molecule has 0 bridgehead atoms. The van der Waals surface area contributed by atoms with Gasteiger partial charge >= 0.3 is 0 Å². The van der Waals surface area contributed by atoms with Crippen molar-refractivity contribution >= 4 is 5.91 Å². The third-order valence-corrected chi connectivity index (χ3v) is 3.68. The second kappa shape index (κ2) is 6.89. The Bertz CT molecular complexity index is 218. The summed E-state index contributed by atoms with van der Waals surface area (Å²) in [6.45, 7) is 4.27. The van der Waals surface area contributed by atoms with Gasteiger partial charge in [-0.05, 0) is 25.2 Å². The smallest absolute Gasteiger partial charge is 0.221 e. The van der Waals surface area contributed by atoms with E-state index in [1.807, 2.05) is 6.92 Å². The van der Waals surface area contributed by atoms with E-state index in [0.29, 0.717) is 18.4 Å². The molecular weight excluding hydrogens is 200 g/mol. The highest BCUT2D eigenvalue weighted by Crippen LogP contribution is 2.22. The number of amides is 1. The highest BCUT2D eigenvalue weighted by Gasteiger charge is 2.21. The minimum atomic E-state index is 0.0149. The quantitative estimate of drug-likeness (QED) is 0.722. The number of nitrogens with one attached hydrogen (secondary N) is 1. The molecule has 0 saturated heterocycles. The minimum Gasteiger partial charge on any atom is -0.353 e. The molecule has 0 aromatic heterocycles. The van der Waals surface area contributed by atoms with Gasteiger partial charge in [0.25, 0.3) is 0 Å². The summed E-state index contributed by atoms with van der Waals surface area (Å²) in [4.78, 5) is 11.7. The first-order valence-corrected chi connectivity index (χ1v) is 6.68. The van der Waals surface area contributed by atoms with Gasteiger partial charge in [0.05, 0.1) is 0 Å². The molecule has 3 heteroatoms. The van der Waals surface area contributed by atoms with E-state index in [4.69, 9.17) is 5.73 Å². The maximum absolute atomic E-state index is 11.7. The van der Waals surface area contributed by atoms with Crippen LogP contribution in [0.25, 0.3) is 0 Å². The van der Waals surface area contributed by atoms with Gasteiger partial charge in [0, 0.05) is 18.5 Å². The van der Waals surface area contributed by atoms with Gasteiger partial charge in [0.15, 0.2) is 0 Å². The van der Waals surface area contributed by atoms with E-state index < -0.39 is 0 Å². The van der Waals surface area contributed by atoms with E-state index in [2.05, 4.69) is 12.2 Å². The number of rotatable bonds is 4. The van der Waals surface area contributed by atoms with Gasteiger partial charge < -0.3 is 11.1 Å².